The van der Waals surface area contributed by atoms with Gasteiger partial charge in [-0.25, -0.2) is 4.99 Å². The summed E-state index contributed by atoms with van der Waals surface area (Å²) in [5.74, 6) is 1.17. The van der Waals surface area contributed by atoms with Crippen LogP contribution in [0.15, 0.2) is 11.1 Å². The van der Waals surface area contributed by atoms with Gasteiger partial charge >= 0.3 is 0 Å². The van der Waals surface area contributed by atoms with E-state index in [1.165, 1.54) is 36.3 Å². The van der Waals surface area contributed by atoms with Gasteiger partial charge in [-0.3, -0.25) is 0 Å². The second kappa shape index (κ2) is 3.38. The van der Waals surface area contributed by atoms with Crippen molar-refractivity contribution in [2.45, 2.75) is 32.0 Å². The number of hydrogen-bond acceptors (Lipinski definition) is 3. The number of aliphatic imine (C=N–C) groups is 1. The van der Waals surface area contributed by atoms with Crippen molar-refractivity contribution in [3.05, 3.63) is 17.3 Å². The van der Waals surface area contributed by atoms with E-state index in [1.807, 2.05) is 0 Å². The van der Waals surface area contributed by atoms with Crippen LogP contribution in [0.5, 0.6) is 0 Å². The first-order chi connectivity index (χ1) is 7.40. The van der Waals surface area contributed by atoms with Crippen LogP contribution in [-0.2, 0) is 17.7 Å². The van der Waals surface area contributed by atoms with E-state index >= 15 is 0 Å². The van der Waals surface area contributed by atoms with Crippen LogP contribution >= 0.6 is 0 Å². The molecule has 0 aliphatic carbocycles. The predicted octanol–water partition coefficient (Wildman–Crippen LogP) is 1.92. The molecule has 0 radical (unpaired) electrons. The van der Waals surface area contributed by atoms with Crippen molar-refractivity contribution in [1.82, 2.24) is 4.57 Å². The largest absolute Gasteiger partial charge is 0.355 e. The lowest BCUT2D eigenvalue weighted by Gasteiger charge is -2.21. The first-order valence-corrected chi connectivity index (χ1v) is 5.43. The third-order valence-electron chi connectivity index (χ3n) is 3.18. The highest BCUT2D eigenvalue weighted by Crippen LogP contribution is 2.34. The Morgan fingerprint density at radius 3 is 3.33 bits per heavy atom. The molecule has 2 aliphatic heterocycles. The zero-order valence-corrected chi connectivity index (χ0v) is 8.86. The Kier molecular flexibility index (Phi) is 2.02. The van der Waals surface area contributed by atoms with Crippen molar-refractivity contribution in [3.63, 3.8) is 0 Å². The lowest BCUT2D eigenvalue weighted by molar-refractivity contribution is 0.111. The first kappa shape index (κ1) is 8.97. The number of fused-ring (bicyclic) bond motifs is 3. The summed E-state index contributed by atoms with van der Waals surface area (Å²) in [7, 11) is 1.70. The van der Waals surface area contributed by atoms with Crippen molar-refractivity contribution in [2.75, 3.05) is 12.4 Å². The molecule has 3 rings (SSSR count). The van der Waals surface area contributed by atoms with Gasteiger partial charge in [-0.15, -0.1) is 0 Å². The third kappa shape index (κ3) is 1.28. The molecule has 0 saturated carbocycles. The predicted molar refractivity (Wildman–Crippen MR) is 59.2 cm³/mol. The van der Waals surface area contributed by atoms with Gasteiger partial charge in [-0.05, 0) is 25.3 Å². The number of aromatic nitrogens is 1. The van der Waals surface area contributed by atoms with Gasteiger partial charge in [0.25, 0.3) is 0 Å². The molecule has 0 spiro atoms. The molecule has 0 fully saturated rings. The number of nitrogens with zero attached hydrogens (tertiary/aromatic N) is 2. The smallest absolute Gasteiger partial charge is 0.178 e. The molecule has 1 unspecified atom stereocenters. The van der Waals surface area contributed by atoms with Crippen LogP contribution in [0.25, 0.3) is 0 Å². The summed E-state index contributed by atoms with van der Waals surface area (Å²) in [4.78, 5) is 4.26. The second-order valence-electron chi connectivity index (χ2n) is 4.06. The number of rotatable bonds is 1. The van der Waals surface area contributed by atoms with Crippen molar-refractivity contribution in [2.24, 2.45) is 4.99 Å². The van der Waals surface area contributed by atoms with Gasteiger partial charge < -0.3 is 14.6 Å². The van der Waals surface area contributed by atoms with Crippen molar-refractivity contribution >= 4 is 12.2 Å². The summed E-state index contributed by atoms with van der Waals surface area (Å²) in [6, 6.07) is 2.23. The Labute approximate surface area is 89.0 Å². The van der Waals surface area contributed by atoms with E-state index in [4.69, 9.17) is 4.74 Å². The zero-order valence-electron chi connectivity index (χ0n) is 8.86. The molecule has 0 aromatic carbocycles. The van der Waals surface area contributed by atoms with Gasteiger partial charge in [0.1, 0.15) is 5.82 Å². The number of anilines is 1. The summed E-state index contributed by atoms with van der Waals surface area (Å²) in [6.45, 7) is 1.11. The number of aryl methyl sites for hydroxylation is 1. The van der Waals surface area contributed by atoms with Crippen LogP contribution in [0.3, 0.4) is 0 Å². The molecular formula is C11H15N3O. The molecular weight excluding hydrogens is 190 g/mol. The Morgan fingerprint density at radius 2 is 2.47 bits per heavy atom. The monoisotopic (exact) mass is 205 g/mol. The molecule has 1 N–H and O–H groups in total. The topological polar surface area (TPSA) is 38.5 Å². The number of methoxy groups -OCH3 is 1. The van der Waals surface area contributed by atoms with Crippen LogP contribution in [0.2, 0.25) is 0 Å². The number of hydrogen-bond donors (Lipinski definition) is 1. The van der Waals surface area contributed by atoms with Gasteiger partial charge in [0.05, 0.1) is 6.34 Å². The van der Waals surface area contributed by atoms with E-state index in [0.29, 0.717) is 0 Å². The summed E-state index contributed by atoms with van der Waals surface area (Å²) in [6.07, 6.45) is 5.34. The summed E-state index contributed by atoms with van der Waals surface area (Å²) < 4.78 is 7.70. The highest BCUT2D eigenvalue weighted by Gasteiger charge is 2.24. The minimum Gasteiger partial charge on any atom is -0.355 e. The highest BCUT2D eigenvalue weighted by atomic mass is 16.5. The maximum Gasteiger partial charge on any atom is 0.178 e. The molecule has 0 bridgehead atoms. The molecule has 3 heterocycles. The van der Waals surface area contributed by atoms with E-state index in [-0.39, 0.29) is 6.23 Å². The fourth-order valence-electron chi connectivity index (χ4n) is 2.45. The van der Waals surface area contributed by atoms with Crippen LogP contribution in [-0.4, -0.2) is 18.0 Å². The number of ether oxygens (including phenoxy) is 1. The molecule has 4 heteroatoms. The minimum atomic E-state index is -0.126. The van der Waals surface area contributed by atoms with Crippen LogP contribution in [0.4, 0.5) is 5.82 Å². The molecule has 80 valence electrons. The molecule has 1 aromatic rings. The van der Waals surface area contributed by atoms with Gasteiger partial charge in [0, 0.05) is 24.9 Å². The fraction of sp³-hybridized carbons (Fsp3) is 0.545. The van der Waals surface area contributed by atoms with E-state index < -0.39 is 0 Å². The van der Waals surface area contributed by atoms with Gasteiger partial charge in [0.2, 0.25) is 0 Å². The van der Waals surface area contributed by atoms with Gasteiger partial charge in [-0.1, -0.05) is 0 Å². The fourth-order valence-corrected chi connectivity index (χ4v) is 2.45. The zero-order chi connectivity index (χ0) is 10.3. The maximum absolute atomic E-state index is 5.34. The molecule has 0 saturated heterocycles. The molecule has 15 heavy (non-hydrogen) atoms. The number of nitrogens with one attached hydrogen (secondary N) is 1. The SMILES string of the molecule is COC1N=CNc2c1cc1n2CCCC1. The van der Waals surface area contributed by atoms with E-state index in [0.717, 1.165) is 6.54 Å². The molecule has 1 aromatic heterocycles. The Hall–Kier alpha value is -1.29. The quantitative estimate of drug-likeness (QED) is 0.760. The maximum atomic E-state index is 5.34. The standard InChI is InChI=1S/C11H15N3O/c1-15-11-9-6-8-4-2-3-5-14(8)10(9)12-7-13-11/h6-7,11H,2-5H2,1H3,(H,12,13). The van der Waals surface area contributed by atoms with Crippen LogP contribution in [0.1, 0.15) is 30.3 Å². The van der Waals surface area contributed by atoms with E-state index in [1.54, 1.807) is 13.4 Å². The van der Waals surface area contributed by atoms with E-state index in [2.05, 4.69) is 20.9 Å². The second-order valence-corrected chi connectivity index (χ2v) is 4.06. The average Bonchev–Trinajstić information content (AvgIpc) is 2.67. The van der Waals surface area contributed by atoms with Crippen molar-refractivity contribution in [3.8, 4) is 0 Å². The minimum absolute atomic E-state index is 0.126. The van der Waals surface area contributed by atoms with E-state index in [9.17, 15) is 0 Å². The van der Waals surface area contributed by atoms with Crippen molar-refractivity contribution in [1.29, 1.82) is 0 Å². The highest BCUT2D eigenvalue weighted by molar-refractivity contribution is 5.79. The van der Waals surface area contributed by atoms with Gasteiger partial charge in [-0.2, -0.15) is 0 Å². The lowest BCUT2D eigenvalue weighted by Crippen LogP contribution is -2.16. The summed E-state index contributed by atoms with van der Waals surface area (Å²) >= 11 is 0. The van der Waals surface area contributed by atoms with Crippen molar-refractivity contribution < 1.29 is 4.74 Å². The lowest BCUT2D eigenvalue weighted by atomic mass is 10.1. The van der Waals surface area contributed by atoms with Crippen LogP contribution < -0.4 is 5.32 Å². The molecule has 1 atom stereocenters. The molecule has 2 aliphatic rings. The Balaban J connectivity index is 2.08. The Bertz CT molecular complexity index is 408. The summed E-state index contributed by atoms with van der Waals surface area (Å²) in [5.41, 5.74) is 2.59. The summed E-state index contributed by atoms with van der Waals surface area (Å²) in [5, 5.41) is 3.23. The molecule has 4 nitrogen and oxygen atoms in total. The average molecular weight is 205 g/mol. The van der Waals surface area contributed by atoms with Gasteiger partial charge in [0.15, 0.2) is 6.23 Å². The third-order valence-corrected chi connectivity index (χ3v) is 3.18. The normalized spacial score (nSPS) is 23.1. The first-order valence-electron chi connectivity index (χ1n) is 5.43. The Morgan fingerprint density at radius 1 is 1.53 bits per heavy atom. The molecule has 0 amide bonds. The van der Waals surface area contributed by atoms with Crippen LogP contribution in [0, 0.1) is 0 Å².